The Kier molecular flexibility index (Phi) is 7.71. The maximum Gasteiger partial charge on any atom is 0.0945 e. The van der Waals surface area contributed by atoms with Crippen molar-refractivity contribution in [1.29, 1.82) is 0 Å². The first-order chi connectivity index (χ1) is 9.04. The minimum Gasteiger partial charge on any atom is -0.389 e. The summed E-state index contributed by atoms with van der Waals surface area (Å²) >= 11 is 9.51. The lowest BCUT2D eigenvalue weighted by Gasteiger charge is -2.15. The Labute approximate surface area is 127 Å². The zero-order valence-electron chi connectivity index (χ0n) is 11.1. The van der Waals surface area contributed by atoms with Crippen LogP contribution in [0.1, 0.15) is 5.56 Å². The van der Waals surface area contributed by atoms with Gasteiger partial charge in [-0.2, -0.15) is 0 Å². The number of hydrogen-bond donors (Lipinski definition) is 2. The van der Waals surface area contributed by atoms with Gasteiger partial charge in [0.25, 0.3) is 0 Å². The van der Waals surface area contributed by atoms with E-state index in [-0.39, 0.29) is 6.61 Å². The van der Waals surface area contributed by atoms with Crippen LogP contribution in [0, 0.1) is 6.92 Å². The largest absolute Gasteiger partial charge is 0.389 e. The van der Waals surface area contributed by atoms with Crippen molar-refractivity contribution in [3.05, 3.63) is 27.2 Å². The summed E-state index contributed by atoms with van der Waals surface area (Å²) in [4.78, 5) is 0. The Hall–Kier alpha value is -0.330. The fraction of sp³-hybridized carbons (Fsp3) is 0.538. The van der Waals surface area contributed by atoms with Crippen molar-refractivity contribution in [1.82, 2.24) is 0 Å². The molecule has 0 amide bonds. The number of halogens is 2. The molecule has 0 spiro atoms. The number of anilines is 1. The third-order valence-corrected chi connectivity index (χ3v) is 3.58. The highest BCUT2D eigenvalue weighted by Crippen LogP contribution is 2.29. The molecule has 0 aliphatic rings. The number of aliphatic hydroxyl groups excluding tert-OH is 1. The normalized spacial score (nSPS) is 12.5. The van der Waals surface area contributed by atoms with E-state index >= 15 is 0 Å². The first-order valence-corrected chi connectivity index (χ1v) is 7.16. The molecular formula is C13H19BrClNO3. The number of benzene rings is 1. The van der Waals surface area contributed by atoms with Crippen molar-refractivity contribution in [2.75, 3.05) is 38.8 Å². The molecule has 0 saturated heterocycles. The molecule has 6 heteroatoms. The maximum absolute atomic E-state index is 9.75. The minimum atomic E-state index is -0.580. The Bertz CT molecular complexity index is 404. The van der Waals surface area contributed by atoms with E-state index in [1.54, 1.807) is 7.11 Å². The summed E-state index contributed by atoms with van der Waals surface area (Å²) in [6.07, 6.45) is -0.580. The zero-order valence-corrected chi connectivity index (χ0v) is 13.4. The lowest BCUT2D eigenvalue weighted by atomic mass is 10.2. The van der Waals surface area contributed by atoms with E-state index in [0.29, 0.717) is 24.8 Å². The molecule has 0 aromatic heterocycles. The number of aryl methyl sites for hydroxylation is 1. The van der Waals surface area contributed by atoms with Crippen LogP contribution >= 0.6 is 27.5 Å². The summed E-state index contributed by atoms with van der Waals surface area (Å²) in [5.74, 6) is 0. The van der Waals surface area contributed by atoms with Gasteiger partial charge in [0.15, 0.2) is 0 Å². The number of methoxy groups -OCH3 is 1. The van der Waals surface area contributed by atoms with Crippen LogP contribution in [-0.4, -0.2) is 44.7 Å². The average molecular weight is 353 g/mol. The van der Waals surface area contributed by atoms with Crippen LogP contribution in [0.4, 0.5) is 5.69 Å². The van der Waals surface area contributed by atoms with Crippen molar-refractivity contribution < 1.29 is 14.6 Å². The van der Waals surface area contributed by atoms with Crippen molar-refractivity contribution >= 4 is 33.2 Å². The van der Waals surface area contributed by atoms with Gasteiger partial charge in [-0.15, -0.1) is 0 Å². The molecule has 0 bridgehead atoms. The molecule has 0 radical (unpaired) electrons. The van der Waals surface area contributed by atoms with Gasteiger partial charge in [-0.3, -0.25) is 0 Å². The van der Waals surface area contributed by atoms with Crippen molar-refractivity contribution in [2.24, 2.45) is 0 Å². The first-order valence-electron chi connectivity index (χ1n) is 5.99. The zero-order chi connectivity index (χ0) is 14.3. The highest BCUT2D eigenvalue weighted by Gasteiger charge is 2.07. The lowest BCUT2D eigenvalue weighted by molar-refractivity contribution is 0.0182. The van der Waals surface area contributed by atoms with Crippen LogP contribution in [0.2, 0.25) is 5.02 Å². The van der Waals surface area contributed by atoms with Gasteiger partial charge in [0, 0.05) is 23.1 Å². The SMILES string of the molecule is COCCOCC(O)CNc1cc(Cl)c(C)cc1Br. The second-order valence-corrected chi connectivity index (χ2v) is 5.45. The van der Waals surface area contributed by atoms with Crippen molar-refractivity contribution in [3.63, 3.8) is 0 Å². The van der Waals surface area contributed by atoms with Crippen LogP contribution in [0.15, 0.2) is 16.6 Å². The van der Waals surface area contributed by atoms with E-state index in [0.717, 1.165) is 15.7 Å². The molecule has 19 heavy (non-hydrogen) atoms. The van der Waals surface area contributed by atoms with Crippen LogP contribution in [0.25, 0.3) is 0 Å². The monoisotopic (exact) mass is 351 g/mol. The number of ether oxygens (including phenoxy) is 2. The second-order valence-electron chi connectivity index (χ2n) is 4.18. The Morgan fingerprint density at radius 1 is 1.42 bits per heavy atom. The molecule has 1 unspecified atom stereocenters. The predicted octanol–water partition coefficient (Wildman–Crippen LogP) is 2.85. The van der Waals surface area contributed by atoms with Crippen molar-refractivity contribution in [2.45, 2.75) is 13.0 Å². The van der Waals surface area contributed by atoms with E-state index in [9.17, 15) is 5.11 Å². The molecule has 108 valence electrons. The molecule has 1 aromatic rings. The number of nitrogens with one attached hydrogen (secondary N) is 1. The van der Waals surface area contributed by atoms with Crippen molar-refractivity contribution in [3.8, 4) is 0 Å². The summed E-state index contributed by atoms with van der Waals surface area (Å²) in [5.41, 5.74) is 1.86. The summed E-state index contributed by atoms with van der Waals surface area (Å²) in [7, 11) is 1.61. The Balaban J connectivity index is 2.37. The second kappa shape index (κ2) is 8.76. The Morgan fingerprint density at radius 2 is 2.16 bits per heavy atom. The summed E-state index contributed by atoms with van der Waals surface area (Å²) in [6, 6.07) is 3.77. The summed E-state index contributed by atoms with van der Waals surface area (Å²) in [5, 5.41) is 13.6. The highest BCUT2D eigenvalue weighted by atomic mass is 79.9. The van der Waals surface area contributed by atoms with Gasteiger partial charge in [-0.1, -0.05) is 11.6 Å². The fourth-order valence-electron chi connectivity index (χ4n) is 1.43. The quantitative estimate of drug-likeness (QED) is 0.706. The van der Waals surface area contributed by atoms with Crippen LogP contribution in [0.3, 0.4) is 0 Å². The fourth-order valence-corrected chi connectivity index (χ4v) is 2.19. The van der Waals surface area contributed by atoms with Gasteiger partial charge in [0.05, 0.1) is 31.6 Å². The van der Waals surface area contributed by atoms with Gasteiger partial charge in [0.2, 0.25) is 0 Å². The summed E-state index contributed by atoms with van der Waals surface area (Å²) in [6.45, 7) is 3.61. The van der Waals surface area contributed by atoms with Gasteiger partial charge in [-0.05, 0) is 40.5 Å². The van der Waals surface area contributed by atoms with E-state index in [4.69, 9.17) is 21.1 Å². The molecule has 2 N–H and O–H groups in total. The third-order valence-electron chi connectivity index (χ3n) is 2.52. The first kappa shape index (κ1) is 16.7. The van der Waals surface area contributed by atoms with Gasteiger partial charge >= 0.3 is 0 Å². The van der Waals surface area contributed by atoms with E-state index in [1.807, 2.05) is 19.1 Å². The molecule has 1 aromatic carbocycles. The van der Waals surface area contributed by atoms with Crippen LogP contribution < -0.4 is 5.32 Å². The Morgan fingerprint density at radius 3 is 2.84 bits per heavy atom. The average Bonchev–Trinajstić information content (AvgIpc) is 2.37. The number of hydrogen-bond acceptors (Lipinski definition) is 4. The van der Waals surface area contributed by atoms with Gasteiger partial charge < -0.3 is 19.9 Å². The van der Waals surface area contributed by atoms with E-state index in [1.165, 1.54) is 0 Å². The van der Waals surface area contributed by atoms with E-state index < -0.39 is 6.10 Å². The molecule has 4 nitrogen and oxygen atoms in total. The molecular weight excluding hydrogens is 334 g/mol. The topological polar surface area (TPSA) is 50.7 Å². The summed E-state index contributed by atoms with van der Waals surface area (Å²) < 4.78 is 11.0. The molecule has 0 aliphatic heterocycles. The van der Waals surface area contributed by atoms with Crippen LogP contribution in [0.5, 0.6) is 0 Å². The molecule has 0 fully saturated rings. The van der Waals surface area contributed by atoms with E-state index in [2.05, 4.69) is 21.2 Å². The predicted molar refractivity (Wildman–Crippen MR) is 81.1 cm³/mol. The highest BCUT2D eigenvalue weighted by molar-refractivity contribution is 9.10. The maximum atomic E-state index is 9.75. The molecule has 0 heterocycles. The van der Waals surface area contributed by atoms with Gasteiger partial charge in [-0.25, -0.2) is 0 Å². The molecule has 0 saturated carbocycles. The molecule has 1 rings (SSSR count). The number of rotatable bonds is 8. The molecule has 0 aliphatic carbocycles. The van der Waals surface area contributed by atoms with Crippen LogP contribution in [-0.2, 0) is 9.47 Å². The number of aliphatic hydroxyl groups is 1. The van der Waals surface area contributed by atoms with Gasteiger partial charge in [0.1, 0.15) is 0 Å². The lowest BCUT2D eigenvalue weighted by Crippen LogP contribution is -2.25. The minimum absolute atomic E-state index is 0.271. The third kappa shape index (κ3) is 6.10. The molecule has 1 atom stereocenters. The standard InChI is InChI=1S/C13H19BrClNO3/c1-9-5-11(14)13(6-12(9)15)16-7-10(17)8-19-4-3-18-2/h5-6,10,16-17H,3-4,7-8H2,1-2H3. The smallest absolute Gasteiger partial charge is 0.0945 e.